The molecule has 0 amide bonds. The molecule has 3 nitrogen and oxygen atoms in total. The Hall–Kier alpha value is -0.830. The first-order valence-corrected chi connectivity index (χ1v) is 3.01. The standard InChI is InChI=1S/C6H10N2O/c1-2-7-3-6-4-8-5-9-6/h4-5,7H,2-3H2,1H3. The molecule has 9 heavy (non-hydrogen) atoms. The third kappa shape index (κ3) is 1.85. The summed E-state index contributed by atoms with van der Waals surface area (Å²) in [6.45, 7) is 3.79. The number of aromatic nitrogens is 1. The second-order valence-corrected chi connectivity index (χ2v) is 1.75. The zero-order chi connectivity index (χ0) is 6.53. The minimum absolute atomic E-state index is 0.774. The zero-order valence-corrected chi connectivity index (χ0v) is 5.42. The van der Waals surface area contributed by atoms with E-state index in [1.54, 1.807) is 6.20 Å². The molecule has 0 saturated heterocycles. The second-order valence-electron chi connectivity index (χ2n) is 1.75. The third-order valence-corrected chi connectivity index (χ3v) is 1.03. The van der Waals surface area contributed by atoms with Crippen LogP contribution in [0.2, 0.25) is 0 Å². The summed E-state index contributed by atoms with van der Waals surface area (Å²) in [7, 11) is 0. The summed E-state index contributed by atoms with van der Waals surface area (Å²) in [5.74, 6) is 0.886. The van der Waals surface area contributed by atoms with Gasteiger partial charge >= 0.3 is 0 Å². The highest BCUT2D eigenvalue weighted by Gasteiger charge is 1.91. The summed E-state index contributed by atoms with van der Waals surface area (Å²) in [6.07, 6.45) is 3.15. The first kappa shape index (κ1) is 6.29. The molecule has 0 aliphatic carbocycles. The highest BCUT2D eigenvalue weighted by Crippen LogP contribution is 1.93. The maximum Gasteiger partial charge on any atom is 0.180 e. The summed E-state index contributed by atoms with van der Waals surface area (Å²) in [5, 5.41) is 3.12. The first-order valence-electron chi connectivity index (χ1n) is 3.01. The smallest absolute Gasteiger partial charge is 0.180 e. The quantitative estimate of drug-likeness (QED) is 0.650. The topological polar surface area (TPSA) is 38.1 Å². The van der Waals surface area contributed by atoms with E-state index in [4.69, 9.17) is 4.42 Å². The number of nitrogens with zero attached hydrogens (tertiary/aromatic N) is 1. The normalized spacial score (nSPS) is 9.89. The molecule has 50 valence electrons. The number of nitrogens with one attached hydrogen (secondary N) is 1. The van der Waals surface area contributed by atoms with Crippen molar-refractivity contribution < 1.29 is 4.42 Å². The lowest BCUT2D eigenvalue weighted by molar-refractivity contribution is 0.483. The number of rotatable bonds is 3. The molecule has 0 atom stereocenters. The third-order valence-electron chi connectivity index (χ3n) is 1.03. The van der Waals surface area contributed by atoms with E-state index in [1.807, 2.05) is 0 Å². The van der Waals surface area contributed by atoms with Gasteiger partial charge in [-0.05, 0) is 6.54 Å². The molecular weight excluding hydrogens is 116 g/mol. The first-order chi connectivity index (χ1) is 4.43. The Labute approximate surface area is 54.1 Å². The molecule has 1 aromatic heterocycles. The minimum Gasteiger partial charge on any atom is -0.447 e. The van der Waals surface area contributed by atoms with Gasteiger partial charge in [0.1, 0.15) is 5.76 Å². The highest BCUT2D eigenvalue weighted by atomic mass is 16.3. The van der Waals surface area contributed by atoms with Crippen LogP contribution in [0.25, 0.3) is 0 Å². The summed E-state index contributed by atoms with van der Waals surface area (Å²) in [5.41, 5.74) is 0. The molecule has 1 heterocycles. The van der Waals surface area contributed by atoms with E-state index in [0.29, 0.717) is 0 Å². The SMILES string of the molecule is CCNCc1cnco1. The molecular formula is C6H10N2O. The minimum atomic E-state index is 0.774. The van der Waals surface area contributed by atoms with Crippen molar-refractivity contribution in [3.63, 3.8) is 0 Å². The van der Waals surface area contributed by atoms with Crippen molar-refractivity contribution in [1.82, 2.24) is 10.3 Å². The summed E-state index contributed by atoms with van der Waals surface area (Å²) < 4.78 is 4.96. The van der Waals surface area contributed by atoms with Gasteiger partial charge in [-0.15, -0.1) is 0 Å². The predicted octanol–water partition coefficient (Wildman–Crippen LogP) is 0.784. The molecule has 0 aliphatic rings. The van der Waals surface area contributed by atoms with Crippen LogP contribution in [0, 0.1) is 0 Å². The largest absolute Gasteiger partial charge is 0.447 e. The molecule has 0 saturated carbocycles. The molecule has 0 bridgehead atoms. The van der Waals surface area contributed by atoms with Crippen LogP contribution in [0.15, 0.2) is 17.0 Å². The van der Waals surface area contributed by atoms with Crippen LogP contribution in [0.5, 0.6) is 0 Å². The van der Waals surface area contributed by atoms with Crippen molar-refractivity contribution in [3.8, 4) is 0 Å². The van der Waals surface area contributed by atoms with E-state index >= 15 is 0 Å². The maximum atomic E-state index is 4.96. The van der Waals surface area contributed by atoms with Gasteiger partial charge in [-0.3, -0.25) is 0 Å². The Balaban J connectivity index is 2.30. The lowest BCUT2D eigenvalue weighted by Crippen LogP contribution is -2.10. The fraction of sp³-hybridized carbons (Fsp3) is 0.500. The molecule has 1 aromatic rings. The van der Waals surface area contributed by atoms with Gasteiger partial charge in [-0.25, -0.2) is 4.98 Å². The molecule has 3 heteroatoms. The molecule has 1 N–H and O–H groups in total. The van der Waals surface area contributed by atoms with Gasteiger partial charge in [-0.1, -0.05) is 6.92 Å². The van der Waals surface area contributed by atoms with Gasteiger partial charge in [0.15, 0.2) is 6.39 Å². The van der Waals surface area contributed by atoms with Crippen LogP contribution in [0.3, 0.4) is 0 Å². The number of oxazole rings is 1. The molecule has 0 unspecified atom stereocenters. The van der Waals surface area contributed by atoms with Gasteiger partial charge in [0.2, 0.25) is 0 Å². The molecule has 1 rings (SSSR count). The Bertz CT molecular complexity index is 148. The lowest BCUT2D eigenvalue weighted by Gasteiger charge is -1.93. The average Bonchev–Trinajstić information content (AvgIpc) is 2.34. The van der Waals surface area contributed by atoms with Crippen molar-refractivity contribution in [2.75, 3.05) is 6.54 Å². The number of hydrogen-bond acceptors (Lipinski definition) is 3. The van der Waals surface area contributed by atoms with Gasteiger partial charge in [0, 0.05) is 0 Å². The summed E-state index contributed by atoms with van der Waals surface area (Å²) in [6, 6.07) is 0. The van der Waals surface area contributed by atoms with Crippen LogP contribution < -0.4 is 5.32 Å². The zero-order valence-electron chi connectivity index (χ0n) is 5.42. The van der Waals surface area contributed by atoms with E-state index in [0.717, 1.165) is 18.8 Å². The maximum absolute atomic E-state index is 4.96. The molecule has 0 aliphatic heterocycles. The van der Waals surface area contributed by atoms with Crippen LogP contribution in [0.1, 0.15) is 12.7 Å². The van der Waals surface area contributed by atoms with Gasteiger partial charge in [-0.2, -0.15) is 0 Å². The van der Waals surface area contributed by atoms with Gasteiger partial charge in [0.05, 0.1) is 12.7 Å². The van der Waals surface area contributed by atoms with Crippen molar-refractivity contribution >= 4 is 0 Å². The Morgan fingerprint density at radius 3 is 3.22 bits per heavy atom. The van der Waals surface area contributed by atoms with E-state index in [-0.39, 0.29) is 0 Å². The Kier molecular flexibility index (Phi) is 2.27. The molecule has 0 spiro atoms. The predicted molar refractivity (Wildman–Crippen MR) is 33.9 cm³/mol. The lowest BCUT2D eigenvalue weighted by atomic mass is 10.5. The van der Waals surface area contributed by atoms with E-state index < -0.39 is 0 Å². The number of hydrogen-bond donors (Lipinski definition) is 1. The average molecular weight is 126 g/mol. The summed E-state index contributed by atoms with van der Waals surface area (Å²) in [4.78, 5) is 3.77. The molecule has 0 fully saturated rings. The highest BCUT2D eigenvalue weighted by molar-refractivity contribution is 4.86. The van der Waals surface area contributed by atoms with E-state index in [1.165, 1.54) is 6.39 Å². The van der Waals surface area contributed by atoms with Crippen molar-refractivity contribution in [1.29, 1.82) is 0 Å². The second kappa shape index (κ2) is 3.25. The van der Waals surface area contributed by atoms with Crippen LogP contribution >= 0.6 is 0 Å². The van der Waals surface area contributed by atoms with Crippen molar-refractivity contribution in [2.45, 2.75) is 13.5 Å². The van der Waals surface area contributed by atoms with Gasteiger partial charge in [0.25, 0.3) is 0 Å². The van der Waals surface area contributed by atoms with Gasteiger partial charge < -0.3 is 9.73 Å². The fourth-order valence-electron chi connectivity index (χ4n) is 0.578. The van der Waals surface area contributed by atoms with Crippen LogP contribution in [-0.2, 0) is 6.54 Å². The Morgan fingerprint density at radius 1 is 1.78 bits per heavy atom. The van der Waals surface area contributed by atoms with E-state index in [9.17, 15) is 0 Å². The Morgan fingerprint density at radius 2 is 2.67 bits per heavy atom. The molecule has 0 radical (unpaired) electrons. The van der Waals surface area contributed by atoms with Crippen molar-refractivity contribution in [3.05, 3.63) is 18.4 Å². The monoisotopic (exact) mass is 126 g/mol. The fourth-order valence-corrected chi connectivity index (χ4v) is 0.578. The molecule has 0 aromatic carbocycles. The van der Waals surface area contributed by atoms with Crippen molar-refractivity contribution in [2.24, 2.45) is 0 Å². The van der Waals surface area contributed by atoms with Crippen LogP contribution in [-0.4, -0.2) is 11.5 Å². The summed E-state index contributed by atoms with van der Waals surface area (Å²) >= 11 is 0. The van der Waals surface area contributed by atoms with E-state index in [2.05, 4.69) is 17.2 Å². The van der Waals surface area contributed by atoms with Crippen LogP contribution in [0.4, 0.5) is 0 Å².